The van der Waals surface area contributed by atoms with Crippen molar-refractivity contribution in [3.63, 3.8) is 0 Å². The summed E-state index contributed by atoms with van der Waals surface area (Å²) >= 11 is 6.46. The van der Waals surface area contributed by atoms with Crippen LogP contribution in [0.4, 0.5) is 0 Å². The summed E-state index contributed by atoms with van der Waals surface area (Å²) in [5, 5.41) is 12.4. The quantitative estimate of drug-likeness (QED) is 0.483. The Balaban J connectivity index is 1.61. The highest BCUT2D eigenvalue weighted by atomic mass is 32.2. The van der Waals surface area contributed by atoms with Crippen molar-refractivity contribution < 1.29 is 19.4 Å². The van der Waals surface area contributed by atoms with Crippen LogP contribution in [0.3, 0.4) is 0 Å². The SMILES string of the molecule is COc1ccc(/C=C2/SC(=S)N(CC(=O)N[C@H](CO)Cc3ccccc3)C2=O)cc1. The highest BCUT2D eigenvalue weighted by Gasteiger charge is 2.33. The summed E-state index contributed by atoms with van der Waals surface area (Å²) < 4.78 is 5.46. The number of rotatable bonds is 8. The number of aliphatic hydroxyl groups excluding tert-OH is 1. The van der Waals surface area contributed by atoms with Gasteiger partial charge in [-0.25, -0.2) is 0 Å². The Labute approximate surface area is 184 Å². The summed E-state index contributed by atoms with van der Waals surface area (Å²) in [5.74, 6) is 0.0527. The molecule has 2 N–H and O–H groups in total. The Kier molecular flexibility index (Phi) is 7.62. The Morgan fingerprint density at radius 1 is 1.23 bits per heavy atom. The predicted molar refractivity (Wildman–Crippen MR) is 122 cm³/mol. The number of nitrogens with zero attached hydrogens (tertiary/aromatic N) is 1. The molecule has 156 valence electrons. The number of hydrogen-bond donors (Lipinski definition) is 2. The zero-order chi connectivity index (χ0) is 21.5. The molecule has 1 aliphatic rings. The van der Waals surface area contributed by atoms with Crippen LogP contribution >= 0.6 is 24.0 Å². The molecule has 2 amide bonds. The molecule has 2 aromatic rings. The second-order valence-electron chi connectivity index (χ2n) is 6.68. The van der Waals surface area contributed by atoms with Gasteiger partial charge in [-0.05, 0) is 35.8 Å². The largest absolute Gasteiger partial charge is 0.497 e. The third kappa shape index (κ3) is 5.69. The Morgan fingerprint density at radius 3 is 2.57 bits per heavy atom. The molecule has 0 bridgehead atoms. The number of amides is 2. The molecule has 1 atom stereocenters. The molecule has 30 heavy (non-hydrogen) atoms. The summed E-state index contributed by atoms with van der Waals surface area (Å²) in [6.07, 6.45) is 2.24. The van der Waals surface area contributed by atoms with Gasteiger partial charge in [0.1, 0.15) is 16.6 Å². The van der Waals surface area contributed by atoms with Gasteiger partial charge in [0.15, 0.2) is 0 Å². The number of carbonyl (C=O) groups is 2. The number of hydrogen-bond acceptors (Lipinski definition) is 6. The molecule has 0 saturated carbocycles. The maximum absolute atomic E-state index is 12.7. The average Bonchev–Trinajstić information content (AvgIpc) is 3.01. The monoisotopic (exact) mass is 442 g/mol. The van der Waals surface area contributed by atoms with Gasteiger partial charge in [0, 0.05) is 0 Å². The maximum atomic E-state index is 12.7. The fourth-order valence-electron chi connectivity index (χ4n) is 2.96. The van der Waals surface area contributed by atoms with Gasteiger partial charge >= 0.3 is 0 Å². The molecular weight excluding hydrogens is 420 g/mol. The van der Waals surface area contributed by atoms with E-state index in [1.807, 2.05) is 54.6 Å². The normalized spacial score (nSPS) is 16.1. The summed E-state index contributed by atoms with van der Waals surface area (Å²) in [6, 6.07) is 16.4. The lowest BCUT2D eigenvalue weighted by molar-refractivity contribution is -0.129. The molecule has 0 radical (unpaired) electrons. The highest BCUT2D eigenvalue weighted by molar-refractivity contribution is 8.26. The van der Waals surface area contributed by atoms with Crippen molar-refractivity contribution in [1.82, 2.24) is 10.2 Å². The van der Waals surface area contributed by atoms with Crippen LogP contribution in [-0.2, 0) is 16.0 Å². The number of ether oxygens (including phenoxy) is 1. The average molecular weight is 443 g/mol. The van der Waals surface area contributed by atoms with E-state index >= 15 is 0 Å². The predicted octanol–water partition coefficient (Wildman–Crippen LogP) is 2.62. The first-order valence-electron chi connectivity index (χ1n) is 9.33. The van der Waals surface area contributed by atoms with E-state index in [0.29, 0.717) is 15.6 Å². The van der Waals surface area contributed by atoms with E-state index < -0.39 is 6.04 Å². The molecule has 3 rings (SSSR count). The Morgan fingerprint density at radius 2 is 1.93 bits per heavy atom. The van der Waals surface area contributed by atoms with Crippen LogP contribution in [0.5, 0.6) is 5.75 Å². The molecule has 6 nitrogen and oxygen atoms in total. The van der Waals surface area contributed by atoms with E-state index in [1.165, 1.54) is 4.90 Å². The lowest BCUT2D eigenvalue weighted by Crippen LogP contribution is -2.45. The van der Waals surface area contributed by atoms with Gasteiger partial charge in [0.25, 0.3) is 5.91 Å². The number of carbonyl (C=O) groups excluding carboxylic acids is 2. The van der Waals surface area contributed by atoms with Crippen molar-refractivity contribution >= 4 is 46.2 Å². The minimum Gasteiger partial charge on any atom is -0.497 e. The van der Waals surface area contributed by atoms with Gasteiger partial charge in [-0.15, -0.1) is 0 Å². The van der Waals surface area contributed by atoms with E-state index in [9.17, 15) is 14.7 Å². The first kappa shape index (κ1) is 22.0. The number of thiocarbonyl (C=S) groups is 1. The van der Waals surface area contributed by atoms with E-state index in [0.717, 1.165) is 28.6 Å². The molecule has 8 heteroatoms. The molecule has 0 aliphatic carbocycles. The standard InChI is InChI=1S/C22H22N2O4S2/c1-28-18-9-7-16(8-10-18)12-19-21(27)24(22(29)30-19)13-20(26)23-17(14-25)11-15-5-3-2-4-6-15/h2-10,12,17,25H,11,13-14H2,1H3,(H,23,26)/b19-12+/t17-/m0/s1. The van der Waals surface area contributed by atoms with Crippen LogP contribution in [0.2, 0.25) is 0 Å². The number of benzene rings is 2. The summed E-state index contributed by atoms with van der Waals surface area (Å²) in [6.45, 7) is -0.383. The molecule has 2 aromatic carbocycles. The summed E-state index contributed by atoms with van der Waals surface area (Å²) in [7, 11) is 1.59. The fraction of sp³-hybridized carbons (Fsp3) is 0.227. The second-order valence-corrected chi connectivity index (χ2v) is 8.35. The molecule has 0 spiro atoms. The van der Waals surface area contributed by atoms with Crippen molar-refractivity contribution in [1.29, 1.82) is 0 Å². The molecule has 0 aromatic heterocycles. The van der Waals surface area contributed by atoms with E-state index in [1.54, 1.807) is 13.2 Å². The number of nitrogens with one attached hydrogen (secondary N) is 1. The first-order chi connectivity index (χ1) is 14.5. The van der Waals surface area contributed by atoms with Crippen LogP contribution < -0.4 is 10.1 Å². The lowest BCUT2D eigenvalue weighted by Gasteiger charge is -2.19. The van der Waals surface area contributed by atoms with Gasteiger partial charge in [0.05, 0.1) is 24.7 Å². The molecule has 1 heterocycles. The van der Waals surface area contributed by atoms with Crippen molar-refractivity contribution in [2.75, 3.05) is 20.3 Å². The molecule has 1 saturated heterocycles. The van der Waals surface area contributed by atoms with E-state index in [4.69, 9.17) is 17.0 Å². The topological polar surface area (TPSA) is 78.9 Å². The lowest BCUT2D eigenvalue weighted by atomic mass is 10.1. The third-order valence-electron chi connectivity index (χ3n) is 4.50. The number of methoxy groups -OCH3 is 1. The first-order valence-corrected chi connectivity index (χ1v) is 10.6. The van der Waals surface area contributed by atoms with Gasteiger partial charge < -0.3 is 15.2 Å². The van der Waals surface area contributed by atoms with Crippen molar-refractivity contribution in [2.45, 2.75) is 12.5 Å². The van der Waals surface area contributed by atoms with Crippen LogP contribution in [0.1, 0.15) is 11.1 Å². The zero-order valence-corrected chi connectivity index (χ0v) is 18.0. The molecular formula is C22H22N2O4S2. The molecule has 1 aliphatic heterocycles. The highest BCUT2D eigenvalue weighted by Crippen LogP contribution is 2.32. The van der Waals surface area contributed by atoms with Gasteiger partial charge in [-0.2, -0.15) is 0 Å². The van der Waals surface area contributed by atoms with Crippen LogP contribution in [-0.4, -0.2) is 52.4 Å². The Hall–Kier alpha value is -2.68. The zero-order valence-electron chi connectivity index (χ0n) is 16.4. The van der Waals surface area contributed by atoms with Crippen LogP contribution in [0.15, 0.2) is 59.5 Å². The minimum absolute atomic E-state index is 0.185. The third-order valence-corrected chi connectivity index (χ3v) is 5.88. The van der Waals surface area contributed by atoms with Gasteiger partial charge in [0.2, 0.25) is 5.91 Å². The Bertz CT molecular complexity index is 945. The number of thioether (sulfide) groups is 1. The van der Waals surface area contributed by atoms with Gasteiger partial charge in [-0.3, -0.25) is 14.5 Å². The maximum Gasteiger partial charge on any atom is 0.266 e. The van der Waals surface area contributed by atoms with E-state index in [2.05, 4.69) is 5.32 Å². The fourth-order valence-corrected chi connectivity index (χ4v) is 4.22. The van der Waals surface area contributed by atoms with Crippen LogP contribution in [0, 0.1) is 0 Å². The second kappa shape index (κ2) is 10.4. The van der Waals surface area contributed by atoms with Crippen molar-refractivity contribution in [2.24, 2.45) is 0 Å². The summed E-state index contributed by atoms with van der Waals surface area (Å²) in [5.41, 5.74) is 1.84. The van der Waals surface area contributed by atoms with Gasteiger partial charge in [-0.1, -0.05) is 66.4 Å². The van der Waals surface area contributed by atoms with Crippen molar-refractivity contribution in [3.05, 3.63) is 70.6 Å². The number of aliphatic hydroxyl groups is 1. The van der Waals surface area contributed by atoms with Crippen molar-refractivity contribution in [3.8, 4) is 5.75 Å². The minimum atomic E-state index is -0.437. The van der Waals surface area contributed by atoms with E-state index in [-0.39, 0.29) is 25.0 Å². The molecule has 1 fully saturated rings. The summed E-state index contributed by atoms with van der Waals surface area (Å²) in [4.78, 5) is 26.9. The smallest absolute Gasteiger partial charge is 0.266 e. The molecule has 0 unspecified atom stereocenters. The van der Waals surface area contributed by atoms with Crippen LogP contribution in [0.25, 0.3) is 6.08 Å².